The summed E-state index contributed by atoms with van der Waals surface area (Å²) in [4.78, 5) is 21.8. The normalized spacial score (nSPS) is 15.1. The molecule has 3 aromatic carbocycles. The fraction of sp³-hybridized carbons (Fsp3) is 0.231. The second-order valence-corrected chi connectivity index (χ2v) is 8.12. The van der Waals surface area contributed by atoms with Crippen LogP contribution in [-0.2, 0) is 6.54 Å². The van der Waals surface area contributed by atoms with Crippen molar-refractivity contribution in [2.45, 2.75) is 13.5 Å². The number of urea groups is 1. The highest BCUT2D eigenvalue weighted by Crippen LogP contribution is 2.38. The number of carbonyl (C=O) groups excluding carboxylic acids is 1. The second-order valence-electron chi connectivity index (χ2n) is 8.12. The van der Waals surface area contributed by atoms with Crippen molar-refractivity contribution in [3.8, 4) is 11.5 Å². The Morgan fingerprint density at radius 2 is 1.69 bits per heavy atom. The van der Waals surface area contributed by atoms with Crippen LogP contribution in [0.5, 0.6) is 11.5 Å². The lowest BCUT2D eigenvalue weighted by molar-refractivity contribution is 0.169. The summed E-state index contributed by atoms with van der Waals surface area (Å²) in [7, 11) is 0. The number of ether oxygens (including phenoxy) is 1. The van der Waals surface area contributed by atoms with Crippen LogP contribution in [0.25, 0.3) is 0 Å². The number of nitrogens with zero attached hydrogens (tertiary/aromatic N) is 3. The molecule has 1 saturated heterocycles. The number of aliphatic imine (C=N–C) groups is 1. The Balaban J connectivity index is 1.32. The Labute approximate surface area is 188 Å². The molecule has 0 unspecified atom stereocenters. The first kappa shape index (κ1) is 20.1. The van der Waals surface area contributed by atoms with Crippen LogP contribution in [0.3, 0.4) is 0 Å². The molecular formula is C26H26N4O2. The van der Waals surface area contributed by atoms with Gasteiger partial charge in [-0.1, -0.05) is 54.1 Å². The summed E-state index contributed by atoms with van der Waals surface area (Å²) in [6.45, 7) is 5.32. The minimum Gasteiger partial charge on any atom is -0.454 e. The number of benzene rings is 3. The van der Waals surface area contributed by atoms with Crippen molar-refractivity contribution in [2.24, 2.45) is 4.99 Å². The van der Waals surface area contributed by atoms with Crippen LogP contribution in [0.2, 0.25) is 0 Å². The van der Waals surface area contributed by atoms with E-state index < -0.39 is 0 Å². The molecular weight excluding hydrogens is 400 g/mol. The molecule has 0 radical (unpaired) electrons. The van der Waals surface area contributed by atoms with Crippen molar-refractivity contribution in [1.29, 1.82) is 0 Å². The fourth-order valence-corrected chi connectivity index (χ4v) is 4.08. The molecule has 0 aromatic heterocycles. The van der Waals surface area contributed by atoms with Gasteiger partial charge in [0, 0.05) is 32.7 Å². The number of carbonyl (C=O) groups is 1. The molecule has 162 valence electrons. The summed E-state index contributed by atoms with van der Waals surface area (Å²) in [5.74, 6) is 2.46. The first-order valence-electron chi connectivity index (χ1n) is 11.0. The van der Waals surface area contributed by atoms with Gasteiger partial charge in [0.2, 0.25) is 0 Å². The van der Waals surface area contributed by atoms with Gasteiger partial charge < -0.3 is 19.9 Å². The molecule has 0 saturated carbocycles. The van der Waals surface area contributed by atoms with Crippen molar-refractivity contribution in [2.75, 3.05) is 26.2 Å². The molecule has 5 rings (SSSR count). The van der Waals surface area contributed by atoms with Gasteiger partial charge in [-0.15, -0.1) is 0 Å². The van der Waals surface area contributed by atoms with Gasteiger partial charge in [-0.25, -0.2) is 9.79 Å². The van der Waals surface area contributed by atoms with Crippen LogP contribution in [-0.4, -0.2) is 47.8 Å². The molecule has 6 nitrogen and oxygen atoms in total. The Kier molecular flexibility index (Phi) is 5.50. The molecule has 0 spiro atoms. The number of aryl methyl sites for hydroxylation is 1. The smallest absolute Gasteiger partial charge is 0.317 e. The van der Waals surface area contributed by atoms with E-state index >= 15 is 0 Å². The van der Waals surface area contributed by atoms with E-state index in [4.69, 9.17) is 9.73 Å². The van der Waals surface area contributed by atoms with E-state index in [1.807, 2.05) is 65.6 Å². The molecule has 0 aliphatic carbocycles. The third-order valence-corrected chi connectivity index (χ3v) is 5.84. The number of nitrogens with one attached hydrogen (secondary N) is 1. The van der Waals surface area contributed by atoms with Gasteiger partial charge in [0.05, 0.1) is 5.56 Å². The summed E-state index contributed by atoms with van der Waals surface area (Å²) < 4.78 is 6.20. The zero-order valence-electron chi connectivity index (χ0n) is 18.1. The molecule has 0 bridgehead atoms. The molecule has 2 amide bonds. The van der Waals surface area contributed by atoms with Gasteiger partial charge in [0.25, 0.3) is 0 Å². The second kappa shape index (κ2) is 8.75. The summed E-state index contributed by atoms with van der Waals surface area (Å²) in [5, 5.41) is 3.03. The van der Waals surface area contributed by atoms with E-state index in [1.54, 1.807) is 0 Å². The number of rotatable bonds is 2. The maximum Gasteiger partial charge on any atom is 0.317 e. The molecule has 2 aliphatic heterocycles. The molecule has 1 fully saturated rings. The molecule has 0 atom stereocenters. The van der Waals surface area contributed by atoms with E-state index in [2.05, 4.69) is 29.3 Å². The fourth-order valence-electron chi connectivity index (χ4n) is 4.08. The third kappa shape index (κ3) is 4.17. The molecule has 6 heteroatoms. The van der Waals surface area contributed by atoms with E-state index in [0.717, 1.165) is 39.7 Å². The summed E-state index contributed by atoms with van der Waals surface area (Å²) in [5.41, 5.74) is 4.06. The van der Waals surface area contributed by atoms with E-state index in [1.165, 1.54) is 0 Å². The molecule has 2 heterocycles. The lowest BCUT2D eigenvalue weighted by Crippen LogP contribution is -2.53. The van der Waals surface area contributed by atoms with Gasteiger partial charge in [-0.3, -0.25) is 0 Å². The number of hydrogen-bond acceptors (Lipinski definition) is 4. The Morgan fingerprint density at radius 1 is 0.938 bits per heavy atom. The Morgan fingerprint density at radius 3 is 2.50 bits per heavy atom. The predicted molar refractivity (Wildman–Crippen MR) is 126 cm³/mol. The zero-order chi connectivity index (χ0) is 21.9. The Hall–Kier alpha value is -3.80. The van der Waals surface area contributed by atoms with Crippen LogP contribution in [0.1, 0.15) is 16.7 Å². The van der Waals surface area contributed by atoms with E-state index in [-0.39, 0.29) is 6.03 Å². The molecule has 32 heavy (non-hydrogen) atoms. The topological polar surface area (TPSA) is 57.2 Å². The molecule has 1 N–H and O–H groups in total. The number of fused-ring (bicyclic) bond motifs is 2. The zero-order valence-corrected chi connectivity index (χ0v) is 18.1. The molecule has 3 aromatic rings. The van der Waals surface area contributed by atoms with Gasteiger partial charge >= 0.3 is 6.03 Å². The van der Waals surface area contributed by atoms with Gasteiger partial charge in [0.1, 0.15) is 17.3 Å². The molecule has 2 aliphatic rings. The predicted octanol–water partition coefficient (Wildman–Crippen LogP) is 4.71. The van der Waals surface area contributed by atoms with Crippen LogP contribution in [0, 0.1) is 6.92 Å². The minimum absolute atomic E-state index is 0.0266. The average molecular weight is 427 g/mol. The largest absolute Gasteiger partial charge is 0.454 e. The highest BCUT2D eigenvalue weighted by atomic mass is 16.5. The summed E-state index contributed by atoms with van der Waals surface area (Å²) in [6.07, 6.45) is 0. The number of para-hydroxylation sites is 2. The van der Waals surface area contributed by atoms with Crippen LogP contribution >= 0.6 is 0 Å². The van der Waals surface area contributed by atoms with Crippen molar-refractivity contribution >= 4 is 17.6 Å². The van der Waals surface area contributed by atoms with Crippen molar-refractivity contribution < 1.29 is 9.53 Å². The van der Waals surface area contributed by atoms with Crippen molar-refractivity contribution in [1.82, 2.24) is 15.1 Å². The highest BCUT2D eigenvalue weighted by molar-refractivity contribution is 6.04. The van der Waals surface area contributed by atoms with Crippen molar-refractivity contribution in [3.63, 3.8) is 0 Å². The summed E-state index contributed by atoms with van der Waals surface area (Å²) in [6, 6.07) is 24.0. The monoisotopic (exact) mass is 426 g/mol. The average Bonchev–Trinajstić information content (AvgIpc) is 3.00. The van der Waals surface area contributed by atoms with E-state index in [9.17, 15) is 4.79 Å². The van der Waals surface area contributed by atoms with Gasteiger partial charge in [-0.2, -0.15) is 0 Å². The van der Waals surface area contributed by atoms with Gasteiger partial charge in [0.15, 0.2) is 5.75 Å². The van der Waals surface area contributed by atoms with Crippen molar-refractivity contribution in [3.05, 3.63) is 89.5 Å². The van der Waals surface area contributed by atoms with E-state index in [0.29, 0.717) is 32.7 Å². The highest BCUT2D eigenvalue weighted by Gasteiger charge is 2.27. The Bertz CT molecular complexity index is 1150. The minimum atomic E-state index is -0.0266. The third-order valence-electron chi connectivity index (χ3n) is 5.84. The number of amidine groups is 1. The number of hydrogen-bond donors (Lipinski definition) is 1. The number of amides is 2. The van der Waals surface area contributed by atoms with Crippen LogP contribution in [0.4, 0.5) is 10.5 Å². The number of piperazine rings is 1. The maximum atomic E-state index is 12.7. The standard InChI is InChI=1S/C26H26N4O2/c1-19-11-12-23-21(17-19)25(28-22-9-5-6-10-24(22)32-23)29-13-15-30(16-14-29)26(31)27-18-20-7-3-2-4-8-20/h2-12,17H,13-16,18H2,1H3,(H,27,31). The lowest BCUT2D eigenvalue weighted by Gasteiger charge is -2.36. The summed E-state index contributed by atoms with van der Waals surface area (Å²) >= 11 is 0. The van der Waals surface area contributed by atoms with Gasteiger partial charge in [-0.05, 0) is 36.8 Å². The quantitative estimate of drug-likeness (QED) is 0.646. The lowest BCUT2D eigenvalue weighted by atomic mass is 10.1. The SMILES string of the molecule is Cc1ccc2c(c1)C(N1CCN(C(=O)NCc3ccccc3)CC1)=Nc1ccccc1O2. The van der Waals surface area contributed by atoms with Crippen LogP contribution in [0.15, 0.2) is 77.8 Å². The maximum absolute atomic E-state index is 12.7. The first-order valence-corrected chi connectivity index (χ1v) is 11.0. The first-order chi connectivity index (χ1) is 15.7. The van der Waals surface area contributed by atoms with Crippen LogP contribution < -0.4 is 10.1 Å².